The Morgan fingerprint density at radius 3 is 2.78 bits per heavy atom. The molecular weight excluding hydrogens is 284 g/mol. The summed E-state index contributed by atoms with van der Waals surface area (Å²) in [5.41, 5.74) is 0.499. The summed E-state index contributed by atoms with van der Waals surface area (Å²) in [7, 11) is 0. The Labute approximate surface area is 140 Å². The van der Waals surface area contributed by atoms with Gasteiger partial charge in [0.15, 0.2) is 0 Å². The molecule has 4 rings (SSSR count). The SMILES string of the molecule is C#CC1(O)CCC2C3CCC4=CC(O)CCC4C3C(C)CC21C. The topological polar surface area (TPSA) is 40.5 Å². The van der Waals surface area contributed by atoms with E-state index in [4.69, 9.17) is 6.42 Å². The molecule has 8 atom stereocenters. The van der Waals surface area contributed by atoms with Crippen LogP contribution in [0.2, 0.25) is 0 Å². The van der Waals surface area contributed by atoms with Crippen molar-refractivity contribution in [1.82, 2.24) is 0 Å². The van der Waals surface area contributed by atoms with E-state index in [-0.39, 0.29) is 11.5 Å². The molecule has 0 heterocycles. The fourth-order valence-corrected chi connectivity index (χ4v) is 7.13. The van der Waals surface area contributed by atoms with Gasteiger partial charge in [0, 0.05) is 5.41 Å². The first-order valence-corrected chi connectivity index (χ1v) is 9.48. The standard InChI is InChI=1S/C21H30O2/c1-4-21(23)10-9-18-17-7-5-14-11-15(22)6-8-16(14)19(17)13(2)12-20(18,21)3/h1,11,13,15-19,22-23H,5-10,12H2,2-3H3. The second-order valence-corrected chi connectivity index (χ2v) is 9.02. The van der Waals surface area contributed by atoms with Gasteiger partial charge in [-0.3, -0.25) is 0 Å². The lowest BCUT2D eigenvalue weighted by atomic mass is 9.48. The van der Waals surface area contributed by atoms with Gasteiger partial charge in [-0.15, -0.1) is 6.42 Å². The van der Waals surface area contributed by atoms with Gasteiger partial charge in [0.05, 0.1) is 6.10 Å². The Morgan fingerprint density at radius 1 is 1.26 bits per heavy atom. The van der Waals surface area contributed by atoms with Gasteiger partial charge in [-0.25, -0.2) is 0 Å². The lowest BCUT2D eigenvalue weighted by Crippen LogP contribution is -2.54. The number of fused-ring (bicyclic) bond motifs is 5. The van der Waals surface area contributed by atoms with Crippen molar-refractivity contribution in [3.63, 3.8) is 0 Å². The monoisotopic (exact) mass is 314 g/mol. The fourth-order valence-electron chi connectivity index (χ4n) is 7.13. The number of aliphatic hydroxyl groups excluding tert-OH is 1. The molecule has 0 bridgehead atoms. The Balaban J connectivity index is 1.69. The molecule has 8 unspecified atom stereocenters. The van der Waals surface area contributed by atoms with Crippen molar-refractivity contribution in [2.45, 2.75) is 70.5 Å². The van der Waals surface area contributed by atoms with Gasteiger partial charge in [-0.2, -0.15) is 0 Å². The maximum absolute atomic E-state index is 11.0. The van der Waals surface area contributed by atoms with Gasteiger partial charge in [-0.05, 0) is 74.5 Å². The number of rotatable bonds is 0. The summed E-state index contributed by atoms with van der Waals surface area (Å²) in [5, 5.41) is 21.0. The predicted molar refractivity (Wildman–Crippen MR) is 91.4 cm³/mol. The predicted octanol–water partition coefficient (Wildman–Crippen LogP) is 3.53. The molecule has 4 aliphatic carbocycles. The minimum absolute atomic E-state index is 0.113. The van der Waals surface area contributed by atoms with Crippen molar-refractivity contribution in [1.29, 1.82) is 0 Å². The average Bonchev–Trinajstić information content (AvgIpc) is 2.78. The molecule has 2 nitrogen and oxygen atoms in total. The first-order valence-electron chi connectivity index (χ1n) is 9.48. The highest BCUT2D eigenvalue weighted by Crippen LogP contribution is 2.66. The first kappa shape index (κ1) is 15.7. The molecule has 2 N–H and O–H groups in total. The second-order valence-electron chi connectivity index (χ2n) is 9.02. The van der Waals surface area contributed by atoms with E-state index in [1.807, 2.05) is 0 Å². The quantitative estimate of drug-likeness (QED) is 0.530. The van der Waals surface area contributed by atoms with E-state index in [1.54, 1.807) is 0 Å². The Morgan fingerprint density at radius 2 is 2.04 bits per heavy atom. The van der Waals surface area contributed by atoms with Gasteiger partial charge in [0.1, 0.15) is 5.60 Å². The molecular formula is C21H30O2. The van der Waals surface area contributed by atoms with Crippen molar-refractivity contribution in [2.24, 2.45) is 35.0 Å². The third-order valence-corrected chi connectivity index (χ3v) is 8.12. The van der Waals surface area contributed by atoms with Crippen LogP contribution in [0.4, 0.5) is 0 Å². The lowest BCUT2D eigenvalue weighted by Gasteiger charge is -2.57. The van der Waals surface area contributed by atoms with Crippen LogP contribution in [0.15, 0.2) is 11.6 Å². The van der Waals surface area contributed by atoms with Crippen LogP contribution in [0.25, 0.3) is 0 Å². The number of hydrogen-bond donors (Lipinski definition) is 2. The zero-order valence-corrected chi connectivity index (χ0v) is 14.5. The van der Waals surface area contributed by atoms with Crippen molar-refractivity contribution in [3.05, 3.63) is 11.6 Å². The van der Waals surface area contributed by atoms with Crippen LogP contribution in [0.3, 0.4) is 0 Å². The summed E-state index contributed by atoms with van der Waals surface area (Å²) >= 11 is 0. The van der Waals surface area contributed by atoms with E-state index < -0.39 is 5.60 Å². The molecule has 3 fully saturated rings. The van der Waals surface area contributed by atoms with E-state index in [0.717, 1.165) is 44.4 Å². The van der Waals surface area contributed by atoms with Gasteiger partial charge in [-0.1, -0.05) is 31.4 Å². The smallest absolute Gasteiger partial charge is 0.130 e. The third-order valence-electron chi connectivity index (χ3n) is 8.12. The molecule has 0 spiro atoms. The second kappa shape index (κ2) is 5.11. The maximum atomic E-state index is 11.0. The number of terminal acetylenes is 1. The van der Waals surface area contributed by atoms with Gasteiger partial charge in [0.25, 0.3) is 0 Å². The average molecular weight is 314 g/mol. The van der Waals surface area contributed by atoms with Crippen LogP contribution in [-0.2, 0) is 0 Å². The maximum Gasteiger partial charge on any atom is 0.130 e. The Kier molecular flexibility index (Phi) is 3.49. The van der Waals surface area contributed by atoms with E-state index in [0.29, 0.717) is 23.7 Å². The molecule has 0 aromatic heterocycles. The minimum Gasteiger partial charge on any atom is -0.389 e. The van der Waals surface area contributed by atoms with Crippen LogP contribution < -0.4 is 0 Å². The molecule has 3 saturated carbocycles. The number of hydrogen-bond acceptors (Lipinski definition) is 2. The van der Waals surface area contributed by atoms with E-state index in [1.165, 1.54) is 12.0 Å². The summed E-state index contributed by atoms with van der Waals surface area (Å²) < 4.78 is 0. The molecule has 2 heteroatoms. The Hall–Kier alpha value is -0.780. The van der Waals surface area contributed by atoms with E-state index >= 15 is 0 Å². The first-order chi connectivity index (χ1) is 10.9. The summed E-state index contributed by atoms with van der Waals surface area (Å²) in [4.78, 5) is 0. The molecule has 0 amide bonds. The van der Waals surface area contributed by atoms with Crippen LogP contribution in [0.5, 0.6) is 0 Å². The Bertz CT molecular complexity index is 573. The zero-order valence-electron chi connectivity index (χ0n) is 14.5. The highest BCUT2D eigenvalue weighted by Gasteiger charge is 2.63. The molecule has 0 aromatic rings. The summed E-state index contributed by atoms with van der Waals surface area (Å²) in [5.74, 6) is 6.02. The fraction of sp³-hybridized carbons (Fsp3) is 0.810. The van der Waals surface area contributed by atoms with Crippen LogP contribution in [0, 0.1) is 47.3 Å². The molecule has 0 radical (unpaired) electrons. The summed E-state index contributed by atoms with van der Waals surface area (Å²) in [6, 6.07) is 0. The minimum atomic E-state index is -0.907. The lowest BCUT2D eigenvalue weighted by molar-refractivity contribution is -0.109. The summed E-state index contributed by atoms with van der Waals surface area (Å²) in [6.07, 6.45) is 15.0. The van der Waals surface area contributed by atoms with Crippen LogP contribution >= 0.6 is 0 Å². The third kappa shape index (κ3) is 2.02. The van der Waals surface area contributed by atoms with Crippen molar-refractivity contribution < 1.29 is 10.2 Å². The summed E-state index contributed by atoms with van der Waals surface area (Å²) in [6.45, 7) is 4.63. The number of aliphatic hydroxyl groups is 2. The van der Waals surface area contributed by atoms with Gasteiger partial charge in [0.2, 0.25) is 0 Å². The molecule has 0 aliphatic heterocycles. The van der Waals surface area contributed by atoms with Crippen LogP contribution in [0.1, 0.15) is 58.8 Å². The van der Waals surface area contributed by atoms with Crippen molar-refractivity contribution in [2.75, 3.05) is 0 Å². The molecule has 126 valence electrons. The molecule has 0 aromatic carbocycles. The van der Waals surface area contributed by atoms with Crippen molar-refractivity contribution >= 4 is 0 Å². The highest BCUT2D eigenvalue weighted by molar-refractivity contribution is 5.26. The molecule has 23 heavy (non-hydrogen) atoms. The van der Waals surface area contributed by atoms with E-state index in [9.17, 15) is 10.2 Å². The van der Waals surface area contributed by atoms with Gasteiger partial charge < -0.3 is 10.2 Å². The molecule has 4 aliphatic rings. The van der Waals surface area contributed by atoms with Crippen LogP contribution in [-0.4, -0.2) is 21.9 Å². The largest absolute Gasteiger partial charge is 0.389 e. The zero-order chi connectivity index (χ0) is 16.4. The normalized spacial score (nSPS) is 55.2. The number of allylic oxidation sites excluding steroid dienone is 1. The van der Waals surface area contributed by atoms with E-state index in [2.05, 4.69) is 25.8 Å². The van der Waals surface area contributed by atoms with Crippen molar-refractivity contribution in [3.8, 4) is 12.3 Å². The molecule has 0 saturated heterocycles. The van der Waals surface area contributed by atoms with Gasteiger partial charge >= 0.3 is 0 Å². The highest BCUT2D eigenvalue weighted by atomic mass is 16.3.